The van der Waals surface area contributed by atoms with Gasteiger partial charge in [0.2, 0.25) is 0 Å². The average Bonchev–Trinajstić information content (AvgIpc) is 2.28. The molecule has 1 aliphatic rings. The summed E-state index contributed by atoms with van der Waals surface area (Å²) in [6.07, 6.45) is 0.740. The highest BCUT2D eigenvalue weighted by atomic mass is 19.1. The van der Waals surface area contributed by atoms with Gasteiger partial charge in [-0.1, -0.05) is 0 Å². The predicted molar refractivity (Wildman–Crippen MR) is 57.8 cm³/mol. The van der Waals surface area contributed by atoms with E-state index in [1.165, 1.54) is 12.1 Å². The van der Waals surface area contributed by atoms with Crippen LogP contribution >= 0.6 is 0 Å². The molecule has 1 heterocycles. The topological polar surface area (TPSA) is 38.3 Å². The van der Waals surface area contributed by atoms with Crippen LogP contribution in [-0.4, -0.2) is 19.1 Å². The van der Waals surface area contributed by atoms with Crippen LogP contribution in [0.1, 0.15) is 28.4 Å². The molecular formula is C12H14FNO2. The molecule has 0 aliphatic carbocycles. The van der Waals surface area contributed by atoms with Crippen LogP contribution in [0, 0.1) is 5.82 Å². The molecule has 0 saturated carbocycles. The Labute approximate surface area is 93.6 Å². The fourth-order valence-electron chi connectivity index (χ4n) is 1.97. The van der Waals surface area contributed by atoms with Gasteiger partial charge in [0.1, 0.15) is 5.82 Å². The van der Waals surface area contributed by atoms with Crippen LogP contribution in [-0.2, 0) is 17.7 Å². The lowest BCUT2D eigenvalue weighted by Gasteiger charge is -2.19. The lowest BCUT2D eigenvalue weighted by Crippen LogP contribution is -2.26. The Hall–Kier alpha value is -1.42. The van der Waals surface area contributed by atoms with Crippen LogP contribution in [0.2, 0.25) is 0 Å². The number of fused-ring (bicyclic) bond motifs is 1. The molecule has 0 bridgehead atoms. The Bertz CT molecular complexity index is 418. The smallest absolute Gasteiger partial charge is 0.338 e. The lowest BCUT2D eigenvalue weighted by atomic mass is 9.95. The van der Waals surface area contributed by atoms with Crippen LogP contribution < -0.4 is 5.32 Å². The van der Waals surface area contributed by atoms with Gasteiger partial charge in [-0.2, -0.15) is 0 Å². The Morgan fingerprint density at radius 3 is 3.12 bits per heavy atom. The number of carbonyl (C=O) groups is 1. The maximum absolute atomic E-state index is 13.3. The number of halogens is 1. The molecule has 0 saturated heterocycles. The molecular weight excluding hydrogens is 209 g/mol. The van der Waals surface area contributed by atoms with Crippen molar-refractivity contribution in [3.05, 3.63) is 34.6 Å². The molecule has 0 aromatic heterocycles. The summed E-state index contributed by atoms with van der Waals surface area (Å²) in [6, 6.07) is 2.74. The summed E-state index contributed by atoms with van der Waals surface area (Å²) in [7, 11) is 0. The highest BCUT2D eigenvalue weighted by Crippen LogP contribution is 2.21. The molecule has 1 aromatic rings. The molecule has 16 heavy (non-hydrogen) atoms. The summed E-state index contributed by atoms with van der Waals surface area (Å²) >= 11 is 0. The van der Waals surface area contributed by atoms with E-state index in [1.807, 2.05) is 0 Å². The Balaban J connectivity index is 2.43. The van der Waals surface area contributed by atoms with Gasteiger partial charge in [-0.15, -0.1) is 0 Å². The van der Waals surface area contributed by atoms with Crippen molar-refractivity contribution in [3.63, 3.8) is 0 Å². The van der Waals surface area contributed by atoms with E-state index in [1.54, 1.807) is 6.92 Å². The van der Waals surface area contributed by atoms with E-state index in [9.17, 15) is 9.18 Å². The van der Waals surface area contributed by atoms with Crippen LogP contribution in [0.5, 0.6) is 0 Å². The number of hydrogen-bond donors (Lipinski definition) is 1. The van der Waals surface area contributed by atoms with Gasteiger partial charge in [-0.05, 0) is 43.1 Å². The molecule has 0 atom stereocenters. The normalized spacial score (nSPS) is 14.4. The third-order valence-electron chi connectivity index (χ3n) is 2.67. The number of nitrogens with one attached hydrogen (secondary N) is 1. The maximum Gasteiger partial charge on any atom is 0.338 e. The first-order valence-electron chi connectivity index (χ1n) is 5.41. The molecule has 1 N–H and O–H groups in total. The van der Waals surface area contributed by atoms with Gasteiger partial charge in [0, 0.05) is 6.54 Å². The molecule has 1 aliphatic heterocycles. The predicted octanol–water partition coefficient (Wildman–Crippen LogP) is 1.65. The number of benzene rings is 1. The molecule has 2 rings (SSSR count). The van der Waals surface area contributed by atoms with Gasteiger partial charge in [0.15, 0.2) is 0 Å². The molecule has 0 spiro atoms. The van der Waals surface area contributed by atoms with Crippen LogP contribution in [0.4, 0.5) is 4.39 Å². The van der Waals surface area contributed by atoms with Gasteiger partial charge in [-0.3, -0.25) is 0 Å². The molecule has 0 unspecified atom stereocenters. The zero-order valence-electron chi connectivity index (χ0n) is 9.18. The minimum absolute atomic E-state index is 0.308. The lowest BCUT2D eigenvalue weighted by molar-refractivity contribution is 0.0524. The average molecular weight is 223 g/mol. The number of esters is 1. The zero-order chi connectivity index (χ0) is 11.5. The van der Waals surface area contributed by atoms with E-state index in [4.69, 9.17) is 4.74 Å². The number of carbonyl (C=O) groups excluding carboxylic acids is 1. The van der Waals surface area contributed by atoms with Crippen molar-refractivity contribution in [3.8, 4) is 0 Å². The van der Waals surface area contributed by atoms with Gasteiger partial charge in [0.25, 0.3) is 0 Å². The first kappa shape index (κ1) is 11.1. The summed E-state index contributed by atoms with van der Waals surface area (Å²) in [5.74, 6) is -0.814. The first-order valence-corrected chi connectivity index (χ1v) is 5.41. The van der Waals surface area contributed by atoms with Crippen LogP contribution in [0.3, 0.4) is 0 Å². The van der Waals surface area contributed by atoms with Crippen molar-refractivity contribution in [2.24, 2.45) is 0 Å². The number of hydrogen-bond acceptors (Lipinski definition) is 3. The Kier molecular flexibility index (Phi) is 3.19. The van der Waals surface area contributed by atoms with E-state index in [-0.39, 0.29) is 5.82 Å². The quantitative estimate of drug-likeness (QED) is 0.775. The first-order chi connectivity index (χ1) is 7.72. The van der Waals surface area contributed by atoms with E-state index in [2.05, 4.69) is 5.32 Å². The Morgan fingerprint density at radius 1 is 1.56 bits per heavy atom. The largest absolute Gasteiger partial charge is 0.462 e. The molecule has 0 radical (unpaired) electrons. The van der Waals surface area contributed by atoms with E-state index < -0.39 is 5.97 Å². The summed E-state index contributed by atoms with van der Waals surface area (Å²) in [4.78, 5) is 11.7. The highest BCUT2D eigenvalue weighted by Gasteiger charge is 2.19. The Morgan fingerprint density at radius 2 is 2.38 bits per heavy atom. The van der Waals surface area contributed by atoms with Crippen molar-refractivity contribution in [2.45, 2.75) is 19.9 Å². The fourth-order valence-corrected chi connectivity index (χ4v) is 1.97. The number of rotatable bonds is 2. The van der Waals surface area contributed by atoms with Gasteiger partial charge < -0.3 is 10.1 Å². The van der Waals surface area contributed by atoms with Crippen molar-refractivity contribution < 1.29 is 13.9 Å². The minimum Gasteiger partial charge on any atom is -0.462 e. The SMILES string of the molecule is CCOC(=O)c1cc(F)cc2c1CCNC2. The third-order valence-corrected chi connectivity index (χ3v) is 2.67. The molecule has 0 amide bonds. The number of ether oxygens (including phenoxy) is 1. The minimum atomic E-state index is -0.430. The van der Waals surface area contributed by atoms with Crippen molar-refractivity contribution in [2.75, 3.05) is 13.2 Å². The van der Waals surface area contributed by atoms with Crippen LogP contribution in [0.15, 0.2) is 12.1 Å². The van der Waals surface area contributed by atoms with Gasteiger partial charge in [-0.25, -0.2) is 9.18 Å². The maximum atomic E-state index is 13.3. The van der Waals surface area contributed by atoms with E-state index in [0.29, 0.717) is 18.7 Å². The standard InChI is InChI=1S/C12H14FNO2/c1-2-16-12(15)11-6-9(13)5-8-7-14-4-3-10(8)11/h5-6,14H,2-4,7H2,1H3. The van der Waals surface area contributed by atoms with Gasteiger partial charge >= 0.3 is 5.97 Å². The second-order valence-electron chi connectivity index (χ2n) is 3.74. The van der Waals surface area contributed by atoms with Crippen molar-refractivity contribution >= 4 is 5.97 Å². The molecule has 3 nitrogen and oxygen atoms in total. The fraction of sp³-hybridized carbons (Fsp3) is 0.417. The van der Waals surface area contributed by atoms with Crippen molar-refractivity contribution in [1.82, 2.24) is 5.32 Å². The third kappa shape index (κ3) is 2.07. The van der Waals surface area contributed by atoms with E-state index in [0.717, 1.165) is 24.1 Å². The molecule has 0 fully saturated rings. The second-order valence-corrected chi connectivity index (χ2v) is 3.74. The molecule has 86 valence electrons. The van der Waals surface area contributed by atoms with Crippen molar-refractivity contribution in [1.29, 1.82) is 0 Å². The van der Waals surface area contributed by atoms with Gasteiger partial charge in [0.05, 0.1) is 12.2 Å². The summed E-state index contributed by atoms with van der Waals surface area (Å²) in [5, 5.41) is 3.15. The summed E-state index contributed by atoms with van der Waals surface area (Å²) in [6.45, 7) is 3.47. The zero-order valence-corrected chi connectivity index (χ0v) is 9.18. The van der Waals surface area contributed by atoms with E-state index >= 15 is 0 Å². The highest BCUT2D eigenvalue weighted by molar-refractivity contribution is 5.91. The van der Waals surface area contributed by atoms with Crippen LogP contribution in [0.25, 0.3) is 0 Å². The molecule has 1 aromatic carbocycles. The summed E-state index contributed by atoms with van der Waals surface area (Å²) in [5.41, 5.74) is 2.14. The monoisotopic (exact) mass is 223 g/mol. The summed E-state index contributed by atoms with van der Waals surface area (Å²) < 4.78 is 18.2. The molecule has 4 heteroatoms. The second kappa shape index (κ2) is 4.61.